The zero-order valence-corrected chi connectivity index (χ0v) is 68.7. The van der Waals surface area contributed by atoms with E-state index in [2.05, 4.69) is 50.2 Å². The number of nitriles is 4. The number of carbonyl (C=O) groups is 4. The first-order chi connectivity index (χ1) is 60.3. The number of ether oxygens (including phenoxy) is 4. The highest BCUT2D eigenvalue weighted by atomic mass is 19.1. The lowest BCUT2D eigenvalue weighted by atomic mass is 10.1. The Hall–Kier alpha value is -16.2. The zero-order chi connectivity index (χ0) is 88.7. The largest absolute Gasteiger partial charge is 0.457 e. The van der Waals surface area contributed by atoms with Gasteiger partial charge in [-0.1, -0.05) is 42.0 Å². The first-order valence-electron chi connectivity index (χ1n) is 40.2. The monoisotopic (exact) mass is 1690 g/mol. The summed E-state index contributed by atoms with van der Waals surface area (Å²) >= 11 is 0. The van der Waals surface area contributed by atoms with E-state index >= 15 is 0 Å². The fraction of sp³-hybridized carbons (Fsp3) is 0.256. The summed E-state index contributed by atoms with van der Waals surface area (Å²) in [5, 5.41) is 55.3. The number of aryl methyl sites for hydroxylation is 3. The fourth-order valence-corrected chi connectivity index (χ4v) is 15.3. The number of aromatic nitrogens is 9. The minimum absolute atomic E-state index is 0.0917. The molecule has 4 aliphatic rings. The molecular weight excluding hydrogens is 1600 g/mol. The Kier molecular flexibility index (Phi) is 27.0. The van der Waals surface area contributed by atoms with E-state index in [1.165, 1.54) is 18.3 Å². The number of nitrogens with zero attached hydrogens (tertiary/aromatic N) is 17. The van der Waals surface area contributed by atoms with Crippen molar-refractivity contribution < 1.29 is 46.9 Å². The number of anilines is 4. The molecule has 0 spiro atoms. The molecule has 33 nitrogen and oxygen atoms in total. The van der Waals surface area contributed by atoms with E-state index in [9.17, 15) is 49.0 Å². The van der Waals surface area contributed by atoms with Crippen molar-refractivity contribution in [2.24, 2.45) is 22.9 Å². The maximum atomic E-state index is 14.1. The molecule has 4 atom stereocenters. The summed E-state index contributed by atoms with van der Waals surface area (Å²) in [6, 6.07) is 50.7. The molecule has 9 heterocycles. The summed E-state index contributed by atoms with van der Waals surface area (Å²) in [6.45, 7) is 10.3. The van der Waals surface area contributed by atoms with Crippen LogP contribution >= 0.6 is 0 Å². The number of nitrogens with two attached hydrogens (primary N) is 8. The third-order valence-corrected chi connectivity index (χ3v) is 21.5. The molecule has 125 heavy (non-hydrogen) atoms. The van der Waals surface area contributed by atoms with Crippen LogP contribution in [-0.4, -0.2) is 140 Å². The normalized spacial score (nSPS) is 16.0. The summed E-state index contributed by atoms with van der Waals surface area (Å²) in [6.07, 6.45) is 16.7. The molecule has 5 aromatic heterocycles. The molecule has 4 aliphatic heterocycles. The highest BCUT2D eigenvalue weighted by Crippen LogP contribution is 2.40. The van der Waals surface area contributed by atoms with E-state index in [0.717, 1.165) is 74.0 Å². The van der Waals surface area contributed by atoms with Crippen molar-refractivity contribution in [3.63, 3.8) is 0 Å². The molecule has 0 unspecified atom stereocenters. The minimum Gasteiger partial charge on any atom is -0.457 e. The second kappa shape index (κ2) is 38.9. The highest BCUT2D eigenvalue weighted by Gasteiger charge is 2.34. The third kappa shape index (κ3) is 20.3. The first kappa shape index (κ1) is 86.7. The number of hydrogen-bond acceptors (Lipinski definition) is 25. The molecule has 4 fully saturated rings. The lowest BCUT2D eigenvalue weighted by Gasteiger charge is -2.29. The predicted octanol–water partition coefficient (Wildman–Crippen LogP) is 13.2. The van der Waals surface area contributed by atoms with Gasteiger partial charge in [0.2, 0.25) is 0 Å². The number of nitrogen functional groups attached to an aromatic ring is 4. The lowest BCUT2D eigenvalue weighted by Crippen LogP contribution is -2.34. The maximum Gasteiger partial charge on any atom is 0.255 e. The van der Waals surface area contributed by atoms with E-state index < -0.39 is 35.3 Å². The van der Waals surface area contributed by atoms with Crippen LogP contribution in [0.1, 0.15) is 134 Å². The molecule has 12 aromatic rings. The topological polar surface area (TPSA) is 506 Å². The highest BCUT2D eigenvalue weighted by molar-refractivity contribution is 6.05. The number of benzene rings is 7. The number of carbonyl (C=O) groups excluding carboxylic acids is 4. The maximum absolute atomic E-state index is 14.1. The van der Waals surface area contributed by atoms with Gasteiger partial charge < -0.3 is 84.4 Å². The lowest BCUT2D eigenvalue weighted by molar-refractivity contribution is 0.0993. The van der Waals surface area contributed by atoms with Crippen molar-refractivity contribution in [2.45, 2.75) is 96.3 Å². The van der Waals surface area contributed by atoms with Crippen molar-refractivity contribution >= 4 is 46.9 Å². The van der Waals surface area contributed by atoms with Gasteiger partial charge in [0, 0.05) is 54.6 Å². The van der Waals surface area contributed by atoms with Gasteiger partial charge in [-0.15, -0.1) is 0 Å². The van der Waals surface area contributed by atoms with Gasteiger partial charge in [0.05, 0.1) is 50.3 Å². The van der Waals surface area contributed by atoms with Crippen molar-refractivity contribution in [3.8, 4) is 116 Å². The number of halogens is 2. The summed E-state index contributed by atoms with van der Waals surface area (Å²) in [7, 11) is 0. The van der Waals surface area contributed by atoms with Crippen LogP contribution in [0.2, 0.25) is 0 Å². The smallest absolute Gasteiger partial charge is 0.255 e. The summed E-state index contributed by atoms with van der Waals surface area (Å²) in [5.74, 6) is 0.749. The molecule has 16 N–H and O–H groups in total. The van der Waals surface area contributed by atoms with Crippen LogP contribution in [0.3, 0.4) is 0 Å². The Bertz CT molecular complexity index is 5900. The van der Waals surface area contributed by atoms with E-state index in [1.54, 1.807) is 125 Å². The molecule has 4 saturated heterocycles. The van der Waals surface area contributed by atoms with Gasteiger partial charge in [-0.3, -0.25) is 19.2 Å². The number of primary amides is 4. The molecule has 0 radical (unpaired) electrons. The first-order valence-corrected chi connectivity index (χ1v) is 40.2. The van der Waals surface area contributed by atoms with Gasteiger partial charge in [0.25, 0.3) is 29.5 Å². The van der Waals surface area contributed by atoms with Gasteiger partial charge in [0.1, 0.15) is 103 Å². The predicted molar refractivity (Wildman–Crippen MR) is 462 cm³/mol. The second-order valence-corrected chi connectivity index (χ2v) is 30.4. The Balaban J connectivity index is 0.000000143. The molecule has 638 valence electrons. The van der Waals surface area contributed by atoms with Gasteiger partial charge in [-0.05, 0) is 223 Å². The number of pyridine rings is 1. The quantitative estimate of drug-likeness (QED) is 0.0329. The molecular formula is C90H91F2N25O8. The Labute approximate surface area is 718 Å². The van der Waals surface area contributed by atoms with Crippen LogP contribution in [0.25, 0.3) is 45.0 Å². The number of hydrogen-bond donors (Lipinski definition) is 8. The number of amides is 4. The van der Waals surface area contributed by atoms with Crippen LogP contribution in [0.15, 0.2) is 182 Å². The number of para-hydroxylation sites is 1. The second-order valence-electron chi connectivity index (χ2n) is 30.4. The molecule has 16 rings (SSSR count). The van der Waals surface area contributed by atoms with Gasteiger partial charge in [0.15, 0.2) is 42.2 Å². The molecule has 4 amide bonds. The molecule has 7 aromatic carbocycles. The molecule has 0 saturated carbocycles. The van der Waals surface area contributed by atoms with E-state index in [1.807, 2.05) is 97.9 Å². The minimum atomic E-state index is -0.692. The Morgan fingerprint density at radius 2 is 0.640 bits per heavy atom. The van der Waals surface area contributed by atoms with Crippen LogP contribution in [0, 0.1) is 78.2 Å². The number of piperidine rings is 4. The Morgan fingerprint density at radius 3 is 0.936 bits per heavy atom. The Morgan fingerprint density at radius 1 is 0.360 bits per heavy atom. The van der Waals surface area contributed by atoms with Gasteiger partial charge in [-0.25, -0.2) is 32.5 Å². The van der Waals surface area contributed by atoms with Crippen molar-refractivity contribution in [1.29, 1.82) is 21.0 Å². The van der Waals surface area contributed by atoms with Gasteiger partial charge >= 0.3 is 0 Å². The summed E-state index contributed by atoms with van der Waals surface area (Å²) < 4.78 is 57.4. The third-order valence-electron chi connectivity index (χ3n) is 21.5. The standard InChI is InChI=1S/C23H23FN6O2.C23H24N6O2.C22H22FN7O2.C22H22N6O2/c1-14-4-9-19(18(24)11-14)32-17-7-5-15(6-8-17)21-20(23(27)31)22(26)30(28-21)16-3-2-10-29(12-16)13-25;1-15-4-8-18(9-5-15)31-19-10-6-16(7-11-19)21-20(23(26)30)22(25)29(27-21)17-3-2-12-28(13-17)14-24;1-13-9-17(23)22(27-10-13)32-16-6-4-14(5-7-16)19-18(21(26)31)20(25)30(28-19)15-3-2-8-29(11-15)12-24;23-14-27-12-4-5-16(13-27)28-21(24)19(22(25)29)20(26-28)15-8-10-18(11-9-15)30-17-6-2-1-3-7-17/h4-9,11,16H,2-3,10,12,26H2,1H3,(H2,27,31);4-11,17H,2-3,12-13,25H2,1H3,(H2,26,30);4-7,9-10,15H,2-3,8,11,25H2,1H3,(H2,26,31);1-3,6-11,16H,4-5,12-13,24H2,(H2,25,29)/t16-;17-;15-;16-/m1111/s1. The van der Waals surface area contributed by atoms with Crippen LogP contribution < -0.4 is 64.8 Å². The zero-order valence-electron chi connectivity index (χ0n) is 68.7. The fourth-order valence-electron chi connectivity index (χ4n) is 15.3. The number of rotatable bonds is 20. The van der Waals surface area contributed by atoms with E-state index in [0.29, 0.717) is 126 Å². The molecule has 0 aliphatic carbocycles. The number of likely N-dealkylation sites (tertiary alicyclic amines) is 4. The van der Waals surface area contributed by atoms with Crippen LogP contribution in [0.4, 0.5) is 32.1 Å². The SMILES string of the molecule is Cc1ccc(Oc2ccc(-c3nn([C@@H]4CCCN(C#N)C4)c(N)c3C(N)=O)cc2)c(F)c1.Cc1ccc(Oc2ccc(-c3nn([C@@H]4CCCN(C#N)C4)c(N)c3C(N)=O)cc2)cc1.Cc1cnc(Oc2ccc(-c3nn([C@@H]4CCCN(C#N)C4)c(N)c3C(N)=O)cc2)c(F)c1.N#CN1CCC[C@@H](n2nc(-c3ccc(Oc4ccccc4)cc3)c(C(N)=O)c2N)C1. The van der Waals surface area contributed by atoms with Crippen molar-refractivity contribution in [3.05, 3.63) is 233 Å². The average Bonchev–Trinajstić information content (AvgIpc) is 1.64. The average molecular weight is 1690 g/mol. The molecule has 35 heteroatoms. The van der Waals surface area contributed by atoms with E-state index in [-0.39, 0.29) is 81.3 Å². The molecule has 0 bridgehead atoms. The van der Waals surface area contributed by atoms with E-state index in [4.69, 9.17) is 64.8 Å². The van der Waals surface area contributed by atoms with Crippen LogP contribution in [-0.2, 0) is 0 Å². The van der Waals surface area contributed by atoms with Crippen molar-refractivity contribution in [1.82, 2.24) is 63.7 Å². The summed E-state index contributed by atoms with van der Waals surface area (Å²) in [5.41, 5.74) is 55.0. The van der Waals surface area contributed by atoms with Crippen molar-refractivity contribution in [2.75, 3.05) is 75.3 Å². The summed E-state index contributed by atoms with van der Waals surface area (Å²) in [4.78, 5) is 59.2. The van der Waals surface area contributed by atoms with Gasteiger partial charge in [-0.2, -0.15) is 41.4 Å². The van der Waals surface area contributed by atoms with Crippen LogP contribution in [0.5, 0.6) is 46.1 Å².